The summed E-state index contributed by atoms with van der Waals surface area (Å²) in [6.45, 7) is 10.6. The standard InChI is InChI=1S/C16H28O2/c1-5-6-7-8-12-11-13(16(2,3)4)9-10-14(12)15(17)18/h5,12-14H,1,6-11H2,2-4H3,(H,17,18). The molecule has 1 rings (SSSR count). The summed E-state index contributed by atoms with van der Waals surface area (Å²) in [6.07, 6.45) is 8.05. The Morgan fingerprint density at radius 3 is 2.56 bits per heavy atom. The van der Waals surface area contributed by atoms with E-state index in [1.54, 1.807) is 0 Å². The van der Waals surface area contributed by atoms with Crippen molar-refractivity contribution < 1.29 is 9.90 Å². The summed E-state index contributed by atoms with van der Waals surface area (Å²) in [6, 6.07) is 0. The molecule has 0 aromatic carbocycles. The van der Waals surface area contributed by atoms with Gasteiger partial charge in [0, 0.05) is 0 Å². The van der Waals surface area contributed by atoms with Gasteiger partial charge in [-0.05, 0) is 55.8 Å². The first-order chi connectivity index (χ1) is 8.36. The zero-order valence-corrected chi connectivity index (χ0v) is 12.1. The van der Waals surface area contributed by atoms with Crippen molar-refractivity contribution in [3.05, 3.63) is 12.7 Å². The van der Waals surface area contributed by atoms with Crippen molar-refractivity contribution in [1.29, 1.82) is 0 Å². The second-order valence-electron chi connectivity index (χ2n) is 6.80. The molecule has 1 fully saturated rings. The Morgan fingerprint density at radius 2 is 2.06 bits per heavy atom. The van der Waals surface area contributed by atoms with Crippen molar-refractivity contribution in [1.82, 2.24) is 0 Å². The van der Waals surface area contributed by atoms with Crippen LogP contribution in [-0.2, 0) is 4.79 Å². The lowest BCUT2D eigenvalue weighted by atomic mass is 9.64. The molecular formula is C16H28O2. The van der Waals surface area contributed by atoms with Crippen molar-refractivity contribution in [3.63, 3.8) is 0 Å². The molecule has 0 aromatic heterocycles. The third-order valence-corrected chi connectivity index (χ3v) is 4.51. The van der Waals surface area contributed by atoms with E-state index in [1.165, 1.54) is 0 Å². The van der Waals surface area contributed by atoms with Crippen LogP contribution in [0.3, 0.4) is 0 Å². The minimum Gasteiger partial charge on any atom is -0.481 e. The Hall–Kier alpha value is -0.790. The van der Waals surface area contributed by atoms with E-state index in [4.69, 9.17) is 0 Å². The molecule has 1 aliphatic rings. The third-order valence-electron chi connectivity index (χ3n) is 4.51. The van der Waals surface area contributed by atoms with Gasteiger partial charge in [-0.3, -0.25) is 4.79 Å². The van der Waals surface area contributed by atoms with Crippen molar-refractivity contribution >= 4 is 5.97 Å². The molecule has 18 heavy (non-hydrogen) atoms. The Kier molecular flexibility index (Phi) is 5.43. The highest BCUT2D eigenvalue weighted by Gasteiger charge is 2.38. The van der Waals surface area contributed by atoms with Crippen LogP contribution in [0.25, 0.3) is 0 Å². The molecule has 2 heteroatoms. The first kappa shape index (κ1) is 15.3. The zero-order chi connectivity index (χ0) is 13.8. The molecule has 1 N–H and O–H groups in total. The SMILES string of the molecule is C=CCCCC1CC(C(C)(C)C)CCC1C(=O)O. The minimum absolute atomic E-state index is 0.117. The summed E-state index contributed by atoms with van der Waals surface area (Å²) < 4.78 is 0. The Labute approximate surface area is 111 Å². The average Bonchev–Trinajstić information content (AvgIpc) is 2.27. The average molecular weight is 252 g/mol. The number of hydrogen-bond donors (Lipinski definition) is 1. The first-order valence-corrected chi connectivity index (χ1v) is 7.20. The number of aliphatic carboxylic acids is 1. The molecule has 0 spiro atoms. The highest BCUT2D eigenvalue weighted by Crippen LogP contribution is 2.44. The largest absolute Gasteiger partial charge is 0.481 e. The van der Waals surface area contributed by atoms with Gasteiger partial charge in [0.1, 0.15) is 0 Å². The molecular weight excluding hydrogens is 224 g/mol. The summed E-state index contributed by atoms with van der Waals surface area (Å²) in [5.41, 5.74) is 0.306. The Bertz CT molecular complexity index is 288. The van der Waals surface area contributed by atoms with Crippen molar-refractivity contribution in [2.24, 2.45) is 23.2 Å². The quantitative estimate of drug-likeness (QED) is 0.577. The lowest BCUT2D eigenvalue weighted by Crippen LogP contribution is -2.35. The predicted molar refractivity (Wildman–Crippen MR) is 75.5 cm³/mol. The maximum Gasteiger partial charge on any atom is 0.306 e. The molecule has 0 bridgehead atoms. The normalized spacial score (nSPS) is 28.9. The molecule has 1 saturated carbocycles. The second kappa shape index (κ2) is 6.40. The highest BCUT2D eigenvalue weighted by atomic mass is 16.4. The molecule has 104 valence electrons. The Morgan fingerprint density at radius 1 is 1.39 bits per heavy atom. The van der Waals surface area contributed by atoms with Gasteiger partial charge in [0.25, 0.3) is 0 Å². The maximum atomic E-state index is 11.3. The van der Waals surface area contributed by atoms with Crippen LogP contribution in [-0.4, -0.2) is 11.1 Å². The van der Waals surface area contributed by atoms with E-state index >= 15 is 0 Å². The van der Waals surface area contributed by atoms with Gasteiger partial charge >= 0.3 is 5.97 Å². The maximum absolute atomic E-state index is 11.3. The highest BCUT2D eigenvalue weighted by molar-refractivity contribution is 5.70. The van der Waals surface area contributed by atoms with Gasteiger partial charge in [0.15, 0.2) is 0 Å². The van der Waals surface area contributed by atoms with E-state index in [1.807, 2.05) is 6.08 Å². The monoisotopic (exact) mass is 252 g/mol. The lowest BCUT2D eigenvalue weighted by Gasteiger charge is -2.40. The zero-order valence-electron chi connectivity index (χ0n) is 12.1. The number of carboxylic acid groups (broad SMARTS) is 1. The van der Waals surface area contributed by atoms with E-state index in [0.29, 0.717) is 17.3 Å². The molecule has 3 unspecified atom stereocenters. The van der Waals surface area contributed by atoms with E-state index in [-0.39, 0.29) is 5.92 Å². The van der Waals surface area contributed by atoms with Gasteiger partial charge in [-0.25, -0.2) is 0 Å². The van der Waals surface area contributed by atoms with Crippen molar-refractivity contribution in [3.8, 4) is 0 Å². The van der Waals surface area contributed by atoms with Gasteiger partial charge in [-0.2, -0.15) is 0 Å². The lowest BCUT2D eigenvalue weighted by molar-refractivity contribution is -0.146. The number of hydrogen-bond acceptors (Lipinski definition) is 1. The number of rotatable bonds is 5. The van der Waals surface area contributed by atoms with Crippen LogP contribution in [0.15, 0.2) is 12.7 Å². The van der Waals surface area contributed by atoms with Crippen LogP contribution in [0.2, 0.25) is 0 Å². The first-order valence-electron chi connectivity index (χ1n) is 7.20. The molecule has 0 aromatic rings. The fourth-order valence-electron chi connectivity index (χ4n) is 3.22. The van der Waals surface area contributed by atoms with Crippen molar-refractivity contribution in [2.45, 2.75) is 59.3 Å². The number of allylic oxidation sites excluding steroid dienone is 1. The summed E-state index contributed by atoms with van der Waals surface area (Å²) in [4.78, 5) is 11.3. The van der Waals surface area contributed by atoms with Gasteiger partial charge in [0.2, 0.25) is 0 Å². The predicted octanol–water partition coefficient (Wildman–Crippen LogP) is 4.51. The summed E-state index contributed by atoms with van der Waals surface area (Å²) in [5.74, 6) is 0.321. The molecule has 3 atom stereocenters. The van der Waals surface area contributed by atoms with Gasteiger partial charge in [-0.15, -0.1) is 6.58 Å². The Balaban J connectivity index is 2.64. The number of carbonyl (C=O) groups is 1. The van der Waals surface area contributed by atoms with Crippen LogP contribution in [0.5, 0.6) is 0 Å². The van der Waals surface area contributed by atoms with E-state index in [9.17, 15) is 9.90 Å². The van der Waals surface area contributed by atoms with E-state index in [2.05, 4.69) is 27.4 Å². The molecule has 1 aliphatic carbocycles. The second-order valence-corrected chi connectivity index (χ2v) is 6.80. The number of carboxylic acids is 1. The van der Waals surface area contributed by atoms with Gasteiger partial charge in [-0.1, -0.05) is 26.8 Å². The molecule has 0 radical (unpaired) electrons. The summed E-state index contributed by atoms with van der Waals surface area (Å²) >= 11 is 0. The summed E-state index contributed by atoms with van der Waals surface area (Å²) in [7, 11) is 0. The molecule has 2 nitrogen and oxygen atoms in total. The fourth-order valence-corrected chi connectivity index (χ4v) is 3.22. The molecule has 0 heterocycles. The van der Waals surface area contributed by atoms with Gasteiger partial charge in [0.05, 0.1) is 5.92 Å². The minimum atomic E-state index is -0.592. The molecule has 0 saturated heterocycles. The van der Waals surface area contributed by atoms with E-state index < -0.39 is 5.97 Å². The van der Waals surface area contributed by atoms with Crippen LogP contribution in [0.1, 0.15) is 59.3 Å². The third kappa shape index (κ3) is 4.15. The topological polar surface area (TPSA) is 37.3 Å². The molecule has 0 amide bonds. The smallest absolute Gasteiger partial charge is 0.306 e. The van der Waals surface area contributed by atoms with Crippen LogP contribution >= 0.6 is 0 Å². The fraction of sp³-hybridized carbons (Fsp3) is 0.812. The van der Waals surface area contributed by atoms with E-state index in [0.717, 1.165) is 38.5 Å². The van der Waals surface area contributed by atoms with Gasteiger partial charge < -0.3 is 5.11 Å². The van der Waals surface area contributed by atoms with Crippen LogP contribution < -0.4 is 0 Å². The van der Waals surface area contributed by atoms with Crippen LogP contribution in [0, 0.1) is 23.2 Å². The number of unbranched alkanes of at least 4 members (excludes halogenated alkanes) is 1. The molecule has 0 aliphatic heterocycles. The summed E-state index contributed by atoms with van der Waals surface area (Å²) in [5, 5.41) is 9.33. The van der Waals surface area contributed by atoms with Crippen LogP contribution in [0.4, 0.5) is 0 Å². The van der Waals surface area contributed by atoms with Crippen molar-refractivity contribution in [2.75, 3.05) is 0 Å².